The van der Waals surface area contributed by atoms with Gasteiger partial charge in [0.05, 0.1) is 16.3 Å². The molecule has 0 bridgehead atoms. The van der Waals surface area contributed by atoms with E-state index in [0.717, 1.165) is 22.2 Å². The maximum absolute atomic E-state index is 6.36. The van der Waals surface area contributed by atoms with Crippen molar-refractivity contribution in [2.75, 3.05) is 5.43 Å². The highest BCUT2D eigenvalue weighted by atomic mass is 35.5. The Morgan fingerprint density at radius 2 is 1.64 bits per heavy atom. The largest absolute Gasteiger partial charge is 0.260 e. The average Bonchev–Trinajstić information content (AvgIpc) is 2.72. The molecule has 0 fully saturated rings. The van der Waals surface area contributed by atoms with E-state index in [4.69, 9.17) is 23.2 Å². The average molecular weight is 407 g/mol. The number of hydrazone groups is 1. The third-order valence-corrected chi connectivity index (χ3v) is 4.84. The van der Waals surface area contributed by atoms with Crippen LogP contribution in [0.4, 0.5) is 5.82 Å². The molecule has 0 aliphatic carbocycles. The van der Waals surface area contributed by atoms with Crippen molar-refractivity contribution in [1.82, 2.24) is 9.97 Å². The molecule has 6 heteroatoms. The van der Waals surface area contributed by atoms with Gasteiger partial charge in [-0.15, -0.1) is 0 Å². The molecular formula is C22H16Cl2N4. The molecule has 0 atom stereocenters. The smallest absolute Gasteiger partial charge is 0.163 e. The summed E-state index contributed by atoms with van der Waals surface area (Å²) < 4.78 is 0. The highest BCUT2D eigenvalue weighted by Gasteiger charge is 2.12. The first-order valence-electron chi connectivity index (χ1n) is 8.70. The Labute approximate surface area is 172 Å². The van der Waals surface area contributed by atoms with Gasteiger partial charge in [-0.05, 0) is 42.8 Å². The van der Waals surface area contributed by atoms with Crippen LogP contribution in [-0.2, 0) is 0 Å². The first-order valence-corrected chi connectivity index (χ1v) is 9.45. The van der Waals surface area contributed by atoms with Crippen LogP contribution in [0.1, 0.15) is 12.5 Å². The molecule has 1 heterocycles. The van der Waals surface area contributed by atoms with Crippen molar-refractivity contribution in [3.63, 3.8) is 0 Å². The molecule has 0 amide bonds. The number of nitrogens with zero attached hydrogens (tertiary/aromatic N) is 3. The summed E-state index contributed by atoms with van der Waals surface area (Å²) in [5.41, 5.74) is 6.50. The second kappa shape index (κ2) is 7.97. The number of para-hydroxylation sites is 1. The summed E-state index contributed by atoms with van der Waals surface area (Å²) in [6.07, 6.45) is 0. The highest BCUT2D eigenvalue weighted by molar-refractivity contribution is 6.36. The molecule has 0 radical (unpaired) electrons. The molecule has 138 valence electrons. The molecule has 0 saturated heterocycles. The fraction of sp³-hybridized carbons (Fsp3) is 0.0455. The standard InChI is InChI=1S/C22H16Cl2N4/c1-14(15-7-3-2-4-8-15)27-28-22-18-9-5-6-10-20(18)25-21(26-22)17-12-11-16(23)13-19(17)24/h2-13H,1H3,(H,25,26,28)/b27-14+. The van der Waals surface area contributed by atoms with Gasteiger partial charge in [-0.25, -0.2) is 9.97 Å². The summed E-state index contributed by atoms with van der Waals surface area (Å²) in [5.74, 6) is 1.12. The predicted octanol–water partition coefficient (Wildman–Crippen LogP) is 6.44. The van der Waals surface area contributed by atoms with E-state index in [-0.39, 0.29) is 0 Å². The highest BCUT2D eigenvalue weighted by Crippen LogP contribution is 2.31. The molecule has 1 N–H and O–H groups in total. The van der Waals surface area contributed by atoms with Gasteiger partial charge in [-0.3, -0.25) is 5.43 Å². The van der Waals surface area contributed by atoms with Crippen LogP contribution in [0.15, 0.2) is 77.9 Å². The van der Waals surface area contributed by atoms with Crippen LogP contribution in [0, 0.1) is 0 Å². The van der Waals surface area contributed by atoms with Crippen LogP contribution in [0.25, 0.3) is 22.3 Å². The van der Waals surface area contributed by atoms with Crippen molar-refractivity contribution >= 4 is 45.6 Å². The van der Waals surface area contributed by atoms with Crippen LogP contribution < -0.4 is 5.43 Å². The summed E-state index contributed by atoms with van der Waals surface area (Å²) in [6.45, 7) is 1.95. The lowest BCUT2D eigenvalue weighted by Gasteiger charge is -2.10. The summed E-state index contributed by atoms with van der Waals surface area (Å²) in [5, 5.41) is 6.45. The van der Waals surface area contributed by atoms with Crippen molar-refractivity contribution in [2.24, 2.45) is 5.10 Å². The van der Waals surface area contributed by atoms with Crippen LogP contribution in [0.5, 0.6) is 0 Å². The molecule has 4 nitrogen and oxygen atoms in total. The fourth-order valence-corrected chi connectivity index (χ4v) is 3.33. The van der Waals surface area contributed by atoms with Gasteiger partial charge in [0.15, 0.2) is 11.6 Å². The lowest BCUT2D eigenvalue weighted by Crippen LogP contribution is -2.03. The van der Waals surface area contributed by atoms with E-state index in [1.54, 1.807) is 12.1 Å². The molecular weight excluding hydrogens is 391 g/mol. The van der Waals surface area contributed by atoms with Gasteiger partial charge in [0.25, 0.3) is 0 Å². The zero-order valence-electron chi connectivity index (χ0n) is 15.0. The van der Waals surface area contributed by atoms with Gasteiger partial charge < -0.3 is 0 Å². The molecule has 0 saturated carbocycles. The Hall–Kier alpha value is -2.95. The van der Waals surface area contributed by atoms with Crippen molar-refractivity contribution < 1.29 is 0 Å². The topological polar surface area (TPSA) is 50.2 Å². The van der Waals surface area contributed by atoms with Gasteiger partial charge in [0, 0.05) is 16.0 Å². The SMILES string of the molecule is C/C(=N\Nc1nc(-c2ccc(Cl)cc2Cl)nc2ccccc12)c1ccccc1. The van der Waals surface area contributed by atoms with Crippen LogP contribution in [0.2, 0.25) is 10.0 Å². The van der Waals surface area contributed by atoms with Gasteiger partial charge >= 0.3 is 0 Å². The number of rotatable bonds is 4. The van der Waals surface area contributed by atoms with E-state index in [1.807, 2.05) is 67.6 Å². The molecule has 3 aromatic carbocycles. The van der Waals surface area contributed by atoms with E-state index < -0.39 is 0 Å². The number of fused-ring (bicyclic) bond motifs is 1. The molecule has 0 spiro atoms. The lowest BCUT2D eigenvalue weighted by molar-refractivity contribution is 1.18. The van der Waals surface area contributed by atoms with E-state index in [2.05, 4.69) is 20.5 Å². The number of halogens is 2. The lowest BCUT2D eigenvalue weighted by atomic mass is 10.1. The molecule has 4 aromatic rings. The molecule has 0 unspecified atom stereocenters. The van der Waals surface area contributed by atoms with Crippen LogP contribution in [0.3, 0.4) is 0 Å². The molecule has 1 aromatic heterocycles. The van der Waals surface area contributed by atoms with E-state index in [9.17, 15) is 0 Å². The summed E-state index contributed by atoms with van der Waals surface area (Å²) in [6, 6.07) is 23.0. The zero-order chi connectivity index (χ0) is 19.5. The third-order valence-electron chi connectivity index (χ3n) is 4.30. The number of benzene rings is 3. The molecule has 4 rings (SSSR count). The minimum absolute atomic E-state index is 0.498. The quantitative estimate of drug-likeness (QED) is 0.313. The number of nitrogens with one attached hydrogen (secondary N) is 1. The normalized spacial score (nSPS) is 11.6. The molecule has 0 aliphatic heterocycles. The number of anilines is 1. The van der Waals surface area contributed by atoms with Gasteiger partial charge in [0.1, 0.15) is 0 Å². The number of aromatic nitrogens is 2. The Balaban J connectivity index is 1.79. The Bertz CT molecular complexity index is 1170. The second-order valence-corrected chi connectivity index (χ2v) is 7.06. The maximum Gasteiger partial charge on any atom is 0.163 e. The summed E-state index contributed by atoms with van der Waals surface area (Å²) >= 11 is 12.4. The summed E-state index contributed by atoms with van der Waals surface area (Å²) in [7, 11) is 0. The first kappa shape index (κ1) is 18.4. The predicted molar refractivity (Wildman–Crippen MR) is 117 cm³/mol. The molecule has 0 aliphatic rings. The second-order valence-electron chi connectivity index (χ2n) is 6.21. The third kappa shape index (κ3) is 3.84. The minimum atomic E-state index is 0.498. The van der Waals surface area contributed by atoms with Gasteiger partial charge in [-0.2, -0.15) is 5.10 Å². The van der Waals surface area contributed by atoms with Crippen molar-refractivity contribution in [2.45, 2.75) is 6.92 Å². The first-order chi connectivity index (χ1) is 13.6. The Morgan fingerprint density at radius 3 is 2.43 bits per heavy atom. The van der Waals surface area contributed by atoms with Crippen molar-refractivity contribution in [3.05, 3.63) is 88.4 Å². The zero-order valence-corrected chi connectivity index (χ0v) is 16.5. The van der Waals surface area contributed by atoms with Crippen molar-refractivity contribution in [3.8, 4) is 11.4 Å². The van der Waals surface area contributed by atoms with Crippen LogP contribution in [-0.4, -0.2) is 15.7 Å². The van der Waals surface area contributed by atoms with E-state index in [1.165, 1.54) is 0 Å². The van der Waals surface area contributed by atoms with Crippen molar-refractivity contribution in [1.29, 1.82) is 0 Å². The van der Waals surface area contributed by atoms with Gasteiger partial charge in [-0.1, -0.05) is 65.7 Å². The Kier molecular flexibility index (Phi) is 5.24. The van der Waals surface area contributed by atoms with E-state index in [0.29, 0.717) is 27.3 Å². The van der Waals surface area contributed by atoms with Gasteiger partial charge in [0.2, 0.25) is 0 Å². The number of hydrogen-bond acceptors (Lipinski definition) is 4. The summed E-state index contributed by atoms with van der Waals surface area (Å²) in [4.78, 5) is 9.33. The fourth-order valence-electron chi connectivity index (χ4n) is 2.83. The molecule has 28 heavy (non-hydrogen) atoms. The Morgan fingerprint density at radius 1 is 0.893 bits per heavy atom. The monoisotopic (exact) mass is 406 g/mol. The maximum atomic E-state index is 6.36. The number of hydrogen-bond donors (Lipinski definition) is 1. The van der Waals surface area contributed by atoms with E-state index >= 15 is 0 Å². The minimum Gasteiger partial charge on any atom is -0.260 e. The van der Waals surface area contributed by atoms with Crippen LogP contribution >= 0.6 is 23.2 Å².